The summed E-state index contributed by atoms with van der Waals surface area (Å²) in [6.45, 7) is 6.29. The maximum absolute atomic E-state index is 8.84. The Kier molecular flexibility index (Phi) is 4.71. The predicted octanol–water partition coefficient (Wildman–Crippen LogP) is 3.84. The van der Waals surface area contributed by atoms with Crippen LogP contribution in [0.3, 0.4) is 0 Å². The van der Waals surface area contributed by atoms with Crippen LogP contribution in [-0.2, 0) is 5.75 Å². The van der Waals surface area contributed by atoms with Crippen molar-refractivity contribution in [2.45, 2.75) is 38.2 Å². The largest absolute Gasteiger partial charge is 0.197 e. The summed E-state index contributed by atoms with van der Waals surface area (Å²) >= 11 is 1.73. The van der Waals surface area contributed by atoms with Crippen LogP contribution in [0.5, 0.6) is 0 Å². The van der Waals surface area contributed by atoms with Crippen molar-refractivity contribution in [2.75, 3.05) is 0 Å². The maximum atomic E-state index is 8.84. The van der Waals surface area contributed by atoms with E-state index in [1.807, 2.05) is 0 Å². The van der Waals surface area contributed by atoms with Gasteiger partial charge >= 0.3 is 0 Å². The minimum atomic E-state index is 0.130. The molecule has 0 radical (unpaired) electrons. The second-order valence-corrected chi connectivity index (χ2v) is 5.02. The fourth-order valence-electron chi connectivity index (χ4n) is 1.60. The van der Waals surface area contributed by atoms with Crippen molar-refractivity contribution in [2.24, 2.45) is 0 Å². The lowest BCUT2D eigenvalue weighted by Gasteiger charge is -2.07. The SMILES string of the molecule is CCC(C#N)SCc1cc(C)cc(C)c1. The lowest BCUT2D eigenvalue weighted by molar-refractivity contribution is 0.984. The van der Waals surface area contributed by atoms with Crippen molar-refractivity contribution >= 4 is 11.8 Å². The van der Waals surface area contributed by atoms with Gasteiger partial charge in [0.15, 0.2) is 0 Å². The van der Waals surface area contributed by atoms with Crippen LogP contribution in [0.1, 0.15) is 30.0 Å². The molecule has 1 aromatic carbocycles. The van der Waals surface area contributed by atoms with Gasteiger partial charge in [-0.2, -0.15) is 5.26 Å². The number of benzene rings is 1. The minimum Gasteiger partial charge on any atom is -0.197 e. The molecule has 0 amide bonds. The molecule has 0 aliphatic rings. The molecule has 1 aromatic rings. The molecule has 0 N–H and O–H groups in total. The van der Waals surface area contributed by atoms with Crippen LogP contribution in [0.4, 0.5) is 0 Å². The van der Waals surface area contributed by atoms with Gasteiger partial charge in [0.05, 0.1) is 11.3 Å². The van der Waals surface area contributed by atoms with Crippen LogP contribution >= 0.6 is 11.8 Å². The van der Waals surface area contributed by atoms with Crippen LogP contribution in [0, 0.1) is 25.2 Å². The van der Waals surface area contributed by atoms with E-state index in [0.717, 1.165) is 12.2 Å². The van der Waals surface area contributed by atoms with Gasteiger partial charge in [-0.1, -0.05) is 36.2 Å². The summed E-state index contributed by atoms with van der Waals surface area (Å²) in [6, 6.07) is 8.89. The second-order valence-electron chi connectivity index (χ2n) is 3.83. The third-order valence-corrected chi connectivity index (χ3v) is 3.59. The number of hydrogen-bond donors (Lipinski definition) is 0. The highest BCUT2D eigenvalue weighted by Gasteiger charge is 2.05. The van der Waals surface area contributed by atoms with Gasteiger partial charge in [0.25, 0.3) is 0 Å². The quantitative estimate of drug-likeness (QED) is 0.768. The van der Waals surface area contributed by atoms with Crippen LogP contribution in [-0.4, -0.2) is 5.25 Å². The van der Waals surface area contributed by atoms with Gasteiger partial charge in [0.1, 0.15) is 0 Å². The van der Waals surface area contributed by atoms with Crippen LogP contribution < -0.4 is 0 Å². The van der Waals surface area contributed by atoms with E-state index in [0.29, 0.717) is 0 Å². The van der Waals surface area contributed by atoms with Crippen molar-refractivity contribution in [3.8, 4) is 6.07 Å². The Hall–Kier alpha value is -0.940. The maximum Gasteiger partial charge on any atom is 0.0917 e. The molecule has 15 heavy (non-hydrogen) atoms. The standard InChI is InChI=1S/C13H17NS/c1-4-13(8-14)15-9-12-6-10(2)5-11(3)7-12/h5-7,13H,4,9H2,1-3H3. The zero-order valence-electron chi connectivity index (χ0n) is 9.58. The lowest BCUT2D eigenvalue weighted by atomic mass is 10.1. The molecular formula is C13H17NS. The first-order valence-corrected chi connectivity index (χ1v) is 6.29. The molecule has 0 saturated heterocycles. The van der Waals surface area contributed by atoms with E-state index in [2.05, 4.69) is 45.0 Å². The lowest BCUT2D eigenvalue weighted by Crippen LogP contribution is -1.97. The summed E-state index contributed by atoms with van der Waals surface area (Å²) in [7, 11) is 0. The minimum absolute atomic E-state index is 0.130. The molecule has 0 aliphatic heterocycles. The van der Waals surface area contributed by atoms with Crippen molar-refractivity contribution in [1.82, 2.24) is 0 Å². The number of aryl methyl sites for hydroxylation is 2. The third-order valence-electron chi connectivity index (χ3n) is 2.25. The van der Waals surface area contributed by atoms with Gasteiger partial charge in [-0.3, -0.25) is 0 Å². The van der Waals surface area contributed by atoms with Crippen molar-refractivity contribution in [1.29, 1.82) is 5.26 Å². The number of hydrogen-bond acceptors (Lipinski definition) is 2. The van der Waals surface area contributed by atoms with E-state index in [1.54, 1.807) is 11.8 Å². The molecule has 1 unspecified atom stereocenters. The summed E-state index contributed by atoms with van der Waals surface area (Å²) in [6.07, 6.45) is 0.923. The molecule has 80 valence electrons. The van der Waals surface area contributed by atoms with Gasteiger partial charge < -0.3 is 0 Å². The van der Waals surface area contributed by atoms with E-state index < -0.39 is 0 Å². The summed E-state index contributed by atoms with van der Waals surface area (Å²) in [4.78, 5) is 0. The van der Waals surface area contributed by atoms with E-state index in [1.165, 1.54) is 16.7 Å². The van der Waals surface area contributed by atoms with E-state index in [9.17, 15) is 0 Å². The molecule has 0 saturated carbocycles. The molecule has 2 heteroatoms. The van der Waals surface area contributed by atoms with Crippen molar-refractivity contribution in [3.05, 3.63) is 34.9 Å². The number of nitrogens with zero attached hydrogens (tertiary/aromatic N) is 1. The number of nitriles is 1. The molecular weight excluding hydrogens is 202 g/mol. The summed E-state index contributed by atoms with van der Waals surface area (Å²) < 4.78 is 0. The molecule has 0 aromatic heterocycles. The van der Waals surface area contributed by atoms with Crippen LogP contribution in [0.15, 0.2) is 18.2 Å². The molecule has 0 aliphatic carbocycles. The molecule has 0 bridgehead atoms. The van der Waals surface area contributed by atoms with Crippen molar-refractivity contribution in [3.63, 3.8) is 0 Å². The van der Waals surface area contributed by atoms with Gasteiger partial charge in [0, 0.05) is 5.75 Å². The molecule has 0 spiro atoms. The first-order chi connectivity index (χ1) is 7.15. The first kappa shape index (κ1) is 12.1. The van der Waals surface area contributed by atoms with Gasteiger partial charge in [-0.05, 0) is 25.8 Å². The Bertz CT molecular complexity index is 345. The summed E-state index contributed by atoms with van der Waals surface area (Å²) in [5, 5.41) is 8.97. The predicted molar refractivity (Wildman–Crippen MR) is 66.9 cm³/mol. The second kappa shape index (κ2) is 5.82. The zero-order valence-corrected chi connectivity index (χ0v) is 10.4. The van der Waals surface area contributed by atoms with Gasteiger partial charge in [-0.15, -0.1) is 11.8 Å². The Morgan fingerprint density at radius 2 is 1.87 bits per heavy atom. The van der Waals surface area contributed by atoms with Crippen LogP contribution in [0.25, 0.3) is 0 Å². The van der Waals surface area contributed by atoms with Gasteiger partial charge in [0.2, 0.25) is 0 Å². The monoisotopic (exact) mass is 219 g/mol. The molecule has 1 nitrogen and oxygen atoms in total. The topological polar surface area (TPSA) is 23.8 Å². The average Bonchev–Trinajstić information content (AvgIpc) is 2.18. The van der Waals surface area contributed by atoms with E-state index in [-0.39, 0.29) is 5.25 Å². The molecule has 1 atom stereocenters. The third kappa shape index (κ3) is 3.97. The highest BCUT2D eigenvalue weighted by atomic mass is 32.2. The van der Waals surface area contributed by atoms with Gasteiger partial charge in [-0.25, -0.2) is 0 Å². The van der Waals surface area contributed by atoms with Crippen LogP contribution in [0.2, 0.25) is 0 Å². The van der Waals surface area contributed by atoms with Crippen molar-refractivity contribution < 1.29 is 0 Å². The smallest absolute Gasteiger partial charge is 0.0917 e. The normalized spacial score (nSPS) is 12.1. The Labute approximate surface area is 96.5 Å². The molecule has 1 rings (SSSR count). The highest BCUT2D eigenvalue weighted by Crippen LogP contribution is 2.21. The Balaban J connectivity index is 2.62. The molecule has 0 fully saturated rings. The summed E-state index contributed by atoms with van der Waals surface area (Å²) in [5.74, 6) is 0.939. The van der Waals surface area contributed by atoms with E-state index in [4.69, 9.17) is 5.26 Å². The zero-order chi connectivity index (χ0) is 11.3. The first-order valence-electron chi connectivity index (χ1n) is 5.24. The Morgan fingerprint density at radius 1 is 1.27 bits per heavy atom. The fraction of sp³-hybridized carbons (Fsp3) is 0.462. The Morgan fingerprint density at radius 3 is 2.33 bits per heavy atom. The average molecular weight is 219 g/mol. The highest BCUT2D eigenvalue weighted by molar-refractivity contribution is 7.99. The number of thioether (sulfide) groups is 1. The fourth-order valence-corrected chi connectivity index (χ4v) is 2.47. The summed E-state index contributed by atoms with van der Waals surface area (Å²) in [5.41, 5.74) is 3.93. The van der Waals surface area contributed by atoms with E-state index >= 15 is 0 Å². The number of rotatable bonds is 4. The molecule has 0 heterocycles.